The largest absolute Gasteiger partial charge is 0.365 e. The maximum Gasteiger partial charge on any atom is 0.253 e. The van der Waals surface area contributed by atoms with E-state index in [9.17, 15) is 10.1 Å². The van der Waals surface area contributed by atoms with Crippen molar-refractivity contribution < 1.29 is 9.53 Å². The lowest BCUT2D eigenvalue weighted by Gasteiger charge is -2.33. The van der Waals surface area contributed by atoms with Gasteiger partial charge in [0.05, 0.1) is 6.07 Å². The molecule has 1 saturated heterocycles. The van der Waals surface area contributed by atoms with E-state index in [1.165, 1.54) is 6.42 Å². The molecule has 1 saturated carbocycles. The lowest BCUT2D eigenvalue weighted by atomic mass is 9.84. The molecule has 1 N–H and O–H groups in total. The number of hydrogen-bond donors (Lipinski definition) is 1. The Labute approximate surface area is 115 Å². The van der Waals surface area contributed by atoms with E-state index in [1.807, 2.05) is 6.92 Å². The lowest BCUT2D eigenvalue weighted by Crippen LogP contribution is -2.55. The molecule has 4 heteroatoms. The second kappa shape index (κ2) is 5.92. The first-order valence-electron chi connectivity index (χ1n) is 7.48. The summed E-state index contributed by atoms with van der Waals surface area (Å²) in [6.45, 7) is 2.48. The average molecular weight is 264 g/mol. The van der Waals surface area contributed by atoms with Crippen LogP contribution in [-0.2, 0) is 9.53 Å². The fraction of sp³-hybridized carbons (Fsp3) is 0.867. The number of nitriles is 1. The summed E-state index contributed by atoms with van der Waals surface area (Å²) in [5.74, 6) is -0.105. The number of nitrogens with one attached hydrogen (secondary N) is 1. The fourth-order valence-electron chi connectivity index (χ4n) is 3.08. The third-order valence-electron chi connectivity index (χ3n) is 4.47. The maximum atomic E-state index is 12.4. The van der Waals surface area contributed by atoms with Gasteiger partial charge in [0.15, 0.2) is 0 Å². The summed E-state index contributed by atoms with van der Waals surface area (Å²) in [5.41, 5.74) is -1.40. The van der Waals surface area contributed by atoms with Crippen molar-refractivity contribution in [1.82, 2.24) is 5.32 Å². The van der Waals surface area contributed by atoms with Crippen molar-refractivity contribution >= 4 is 5.91 Å². The molecule has 4 nitrogen and oxygen atoms in total. The van der Waals surface area contributed by atoms with Gasteiger partial charge in [-0.3, -0.25) is 4.79 Å². The Kier molecular flexibility index (Phi) is 4.46. The summed E-state index contributed by atoms with van der Waals surface area (Å²) < 4.78 is 5.57. The van der Waals surface area contributed by atoms with Gasteiger partial charge in [0.2, 0.25) is 0 Å². The number of amides is 1. The molecule has 1 atom stereocenters. The molecule has 1 amide bonds. The molecule has 0 aromatic heterocycles. The smallest absolute Gasteiger partial charge is 0.253 e. The third kappa shape index (κ3) is 3.27. The molecule has 2 fully saturated rings. The second-order valence-electron chi connectivity index (χ2n) is 6.10. The molecule has 1 unspecified atom stereocenters. The maximum absolute atomic E-state index is 12.4. The minimum absolute atomic E-state index is 0.105. The summed E-state index contributed by atoms with van der Waals surface area (Å²) in [4.78, 5) is 12.4. The summed E-state index contributed by atoms with van der Waals surface area (Å²) in [6, 6.07) is 2.37. The predicted molar refractivity (Wildman–Crippen MR) is 72.4 cm³/mol. The van der Waals surface area contributed by atoms with Crippen LogP contribution in [-0.4, -0.2) is 23.7 Å². The Balaban J connectivity index is 2.04. The molecule has 0 spiro atoms. The first kappa shape index (κ1) is 14.3. The van der Waals surface area contributed by atoms with E-state index >= 15 is 0 Å². The van der Waals surface area contributed by atoms with Gasteiger partial charge in [-0.1, -0.05) is 32.1 Å². The normalized spacial score (nSPS) is 30.9. The standard InChI is InChI=1S/C15H24N2O2/c1-14(8-7-11-19-14)13(18)17-15(12-16)9-5-3-2-4-6-10-15/h2-11H2,1H3,(H,17,18). The quantitative estimate of drug-likeness (QED) is 0.834. The van der Waals surface area contributed by atoms with Crippen LogP contribution in [0.25, 0.3) is 0 Å². The zero-order valence-corrected chi connectivity index (χ0v) is 11.8. The van der Waals surface area contributed by atoms with Gasteiger partial charge in [-0.25, -0.2) is 0 Å². The molecular formula is C15H24N2O2. The Morgan fingerprint density at radius 2 is 1.74 bits per heavy atom. The Bertz CT molecular complexity index is 359. The number of ether oxygens (including phenoxy) is 1. The minimum Gasteiger partial charge on any atom is -0.365 e. The molecule has 2 aliphatic rings. The second-order valence-corrected chi connectivity index (χ2v) is 6.10. The van der Waals surface area contributed by atoms with Gasteiger partial charge in [-0.2, -0.15) is 5.26 Å². The van der Waals surface area contributed by atoms with Crippen LogP contribution in [0.5, 0.6) is 0 Å². The Hall–Kier alpha value is -1.08. The van der Waals surface area contributed by atoms with E-state index in [1.54, 1.807) is 0 Å². The van der Waals surface area contributed by atoms with Gasteiger partial charge < -0.3 is 10.1 Å². The van der Waals surface area contributed by atoms with Gasteiger partial charge in [0, 0.05) is 6.61 Å². The van der Waals surface area contributed by atoms with E-state index < -0.39 is 11.1 Å². The monoisotopic (exact) mass is 264 g/mol. The van der Waals surface area contributed by atoms with Gasteiger partial charge in [-0.05, 0) is 32.6 Å². The number of nitrogens with zero attached hydrogens (tertiary/aromatic N) is 1. The summed E-state index contributed by atoms with van der Waals surface area (Å²) in [5, 5.41) is 12.5. The summed E-state index contributed by atoms with van der Waals surface area (Å²) in [6.07, 6.45) is 8.81. The molecule has 106 valence electrons. The predicted octanol–water partition coefficient (Wildman–Crippen LogP) is 2.68. The van der Waals surface area contributed by atoms with E-state index in [-0.39, 0.29) is 5.91 Å². The molecule has 0 aromatic carbocycles. The number of hydrogen-bond acceptors (Lipinski definition) is 3. The molecular weight excluding hydrogens is 240 g/mol. The van der Waals surface area contributed by atoms with Crippen LogP contribution in [0.4, 0.5) is 0 Å². The molecule has 2 rings (SSSR count). The van der Waals surface area contributed by atoms with Crippen LogP contribution < -0.4 is 5.32 Å². The Morgan fingerprint density at radius 1 is 1.11 bits per heavy atom. The van der Waals surface area contributed by atoms with Gasteiger partial charge in [-0.15, -0.1) is 0 Å². The highest BCUT2D eigenvalue weighted by Crippen LogP contribution is 2.30. The van der Waals surface area contributed by atoms with E-state index in [4.69, 9.17) is 4.74 Å². The highest BCUT2D eigenvalue weighted by molar-refractivity contribution is 5.86. The lowest BCUT2D eigenvalue weighted by molar-refractivity contribution is -0.141. The topological polar surface area (TPSA) is 62.1 Å². The van der Waals surface area contributed by atoms with Crippen molar-refractivity contribution in [3.63, 3.8) is 0 Å². The molecule has 0 bridgehead atoms. The van der Waals surface area contributed by atoms with Crippen molar-refractivity contribution in [1.29, 1.82) is 5.26 Å². The third-order valence-corrected chi connectivity index (χ3v) is 4.47. The first-order valence-corrected chi connectivity index (χ1v) is 7.48. The van der Waals surface area contributed by atoms with Gasteiger partial charge in [0.25, 0.3) is 5.91 Å². The van der Waals surface area contributed by atoms with Gasteiger partial charge in [0.1, 0.15) is 11.1 Å². The van der Waals surface area contributed by atoms with E-state index in [0.29, 0.717) is 6.61 Å². The van der Waals surface area contributed by atoms with Gasteiger partial charge >= 0.3 is 0 Å². The molecule has 1 aliphatic carbocycles. The van der Waals surface area contributed by atoms with Crippen LogP contribution in [0, 0.1) is 11.3 Å². The summed E-state index contributed by atoms with van der Waals surface area (Å²) in [7, 11) is 0. The molecule has 19 heavy (non-hydrogen) atoms. The van der Waals surface area contributed by atoms with Crippen LogP contribution in [0.2, 0.25) is 0 Å². The van der Waals surface area contributed by atoms with Crippen LogP contribution in [0.15, 0.2) is 0 Å². The summed E-state index contributed by atoms with van der Waals surface area (Å²) >= 11 is 0. The first-order chi connectivity index (χ1) is 9.10. The zero-order chi connectivity index (χ0) is 13.8. The SMILES string of the molecule is CC1(C(=O)NC2(C#N)CCCCCCC2)CCCO1. The molecule has 1 heterocycles. The van der Waals surface area contributed by atoms with Crippen molar-refractivity contribution in [2.75, 3.05) is 6.61 Å². The highest BCUT2D eigenvalue weighted by Gasteiger charge is 2.42. The molecule has 0 radical (unpaired) electrons. The number of rotatable bonds is 2. The van der Waals surface area contributed by atoms with Crippen LogP contribution in [0.3, 0.4) is 0 Å². The van der Waals surface area contributed by atoms with Crippen LogP contribution >= 0.6 is 0 Å². The minimum atomic E-state index is -0.730. The van der Waals surface area contributed by atoms with Crippen molar-refractivity contribution in [3.05, 3.63) is 0 Å². The van der Waals surface area contributed by atoms with Crippen molar-refractivity contribution in [2.45, 2.75) is 75.9 Å². The number of carbonyl (C=O) groups is 1. The average Bonchev–Trinajstić information content (AvgIpc) is 2.81. The fourth-order valence-corrected chi connectivity index (χ4v) is 3.08. The van der Waals surface area contributed by atoms with Crippen molar-refractivity contribution in [3.8, 4) is 6.07 Å². The molecule has 0 aromatic rings. The Morgan fingerprint density at radius 3 is 2.26 bits per heavy atom. The van der Waals surface area contributed by atoms with Crippen LogP contribution in [0.1, 0.15) is 64.7 Å². The molecule has 1 aliphatic heterocycles. The van der Waals surface area contributed by atoms with E-state index in [2.05, 4.69) is 11.4 Å². The van der Waals surface area contributed by atoms with E-state index in [0.717, 1.165) is 51.4 Å². The zero-order valence-electron chi connectivity index (χ0n) is 11.8. The van der Waals surface area contributed by atoms with Crippen molar-refractivity contribution in [2.24, 2.45) is 0 Å². The number of carbonyl (C=O) groups excluding carboxylic acids is 1. The highest BCUT2D eigenvalue weighted by atomic mass is 16.5.